The fourth-order valence-electron chi connectivity index (χ4n) is 11.8. The number of hydrogen-bond donors (Lipinski definition) is 1. The van der Waals surface area contributed by atoms with Gasteiger partial charge < -0.3 is 5.11 Å². The van der Waals surface area contributed by atoms with Gasteiger partial charge in [-0.05, 0) is 160 Å². The molecule has 370 valence electrons. The molecule has 2 aromatic heterocycles. The van der Waals surface area contributed by atoms with Crippen molar-refractivity contribution in [1.82, 2.24) is 14.5 Å². The van der Waals surface area contributed by atoms with Crippen LogP contribution >= 0.6 is 0 Å². The predicted molar refractivity (Wildman–Crippen MR) is 315 cm³/mol. The van der Waals surface area contributed by atoms with Crippen LogP contribution in [0.15, 0.2) is 237 Å². The van der Waals surface area contributed by atoms with Crippen LogP contribution in [-0.2, 0) is 6.37 Å². The number of rotatable bonds is 12. The third kappa shape index (κ3) is 9.45. The first-order valence-corrected chi connectivity index (χ1v) is 27.0. The van der Waals surface area contributed by atoms with Gasteiger partial charge in [0.1, 0.15) is 11.6 Å². The average molecular weight is 988 g/mol. The van der Waals surface area contributed by atoms with Gasteiger partial charge in [0.2, 0.25) is 0 Å². The second-order valence-corrected chi connectivity index (χ2v) is 20.5. The minimum absolute atomic E-state index is 0.0564. The minimum Gasteiger partial charge on any atom is -0.507 e. The van der Waals surface area contributed by atoms with Crippen molar-refractivity contribution in [2.45, 2.75) is 69.5 Å². The van der Waals surface area contributed by atoms with E-state index in [1.165, 1.54) is 0 Å². The summed E-state index contributed by atoms with van der Waals surface area (Å²) in [5.41, 5.74) is 16.8. The SMILES string of the molecule is [2H]C1(c2ccccc2)CCC([2H])(c2ccc(-c3ccnc(-c4cc(-c5ccccc5)cc(-c5cccc6c5nc(-c5cccc(-c7ccccc7)c5O)n6-c5ccc(C([2H])([2H])C6CCCC6)cc5-c5ccccc5)c4)c3)cc2)CC1. The molecular formula is C72H61N3O. The molecule has 0 spiro atoms. The predicted octanol–water partition coefficient (Wildman–Crippen LogP) is 19.0. The molecule has 0 atom stereocenters. The topological polar surface area (TPSA) is 50.9 Å². The van der Waals surface area contributed by atoms with E-state index in [4.69, 9.17) is 9.97 Å². The summed E-state index contributed by atoms with van der Waals surface area (Å²) in [4.78, 5) is 10.6. The normalized spacial score (nSPS) is 18.7. The Morgan fingerprint density at radius 1 is 0.447 bits per heavy atom. The van der Waals surface area contributed by atoms with E-state index in [2.05, 4.69) is 126 Å². The summed E-state index contributed by atoms with van der Waals surface area (Å²) in [5.74, 6) is -0.792. The van der Waals surface area contributed by atoms with Crippen LogP contribution in [0.4, 0.5) is 0 Å². The smallest absolute Gasteiger partial charge is 0.149 e. The van der Waals surface area contributed by atoms with Gasteiger partial charge in [0, 0.05) is 33.9 Å². The van der Waals surface area contributed by atoms with Gasteiger partial charge in [-0.25, -0.2) is 4.98 Å². The first kappa shape index (κ1) is 42.7. The molecule has 2 saturated carbocycles. The van der Waals surface area contributed by atoms with Gasteiger partial charge in [-0.3, -0.25) is 9.55 Å². The molecule has 2 heterocycles. The molecule has 0 unspecified atom stereocenters. The van der Waals surface area contributed by atoms with E-state index >= 15 is 0 Å². The lowest BCUT2D eigenvalue weighted by atomic mass is 9.76. The quantitative estimate of drug-likeness (QED) is 0.133. The van der Waals surface area contributed by atoms with Gasteiger partial charge in [-0.15, -0.1) is 0 Å². The van der Waals surface area contributed by atoms with Gasteiger partial charge in [0.25, 0.3) is 0 Å². The fourth-order valence-corrected chi connectivity index (χ4v) is 11.8. The highest BCUT2D eigenvalue weighted by Gasteiger charge is 2.26. The lowest BCUT2D eigenvalue weighted by Gasteiger charge is -2.29. The number of nitrogens with zero attached hydrogens (tertiary/aromatic N) is 3. The second kappa shape index (κ2) is 21.0. The number of phenolic OH excluding ortho intramolecular Hbond substituents is 1. The number of benzene rings is 9. The third-order valence-electron chi connectivity index (χ3n) is 15.8. The maximum Gasteiger partial charge on any atom is 0.149 e. The number of fused-ring (bicyclic) bond motifs is 1. The van der Waals surface area contributed by atoms with E-state index in [1.807, 2.05) is 115 Å². The summed E-state index contributed by atoms with van der Waals surface area (Å²) in [6.45, 7) is 0. The highest BCUT2D eigenvalue weighted by Crippen LogP contribution is 2.45. The van der Waals surface area contributed by atoms with Crippen LogP contribution in [0.25, 0.3) is 95.0 Å². The Labute approximate surface area is 452 Å². The fraction of sp³-hybridized carbons (Fsp3) is 0.167. The van der Waals surface area contributed by atoms with Crippen LogP contribution in [0, 0.1) is 5.92 Å². The van der Waals surface area contributed by atoms with Crippen molar-refractivity contribution in [1.29, 1.82) is 0 Å². The van der Waals surface area contributed by atoms with Crippen LogP contribution < -0.4 is 0 Å². The number of imidazole rings is 1. The molecular weight excluding hydrogens is 923 g/mol. The summed E-state index contributed by atoms with van der Waals surface area (Å²) in [7, 11) is 0. The maximum absolute atomic E-state index is 12.5. The summed E-state index contributed by atoms with van der Waals surface area (Å²) in [5, 5.41) is 12.5. The number of para-hydroxylation sites is 2. The van der Waals surface area contributed by atoms with E-state index in [-0.39, 0.29) is 11.7 Å². The number of aromatic nitrogens is 3. The Bertz CT molecular complexity index is 4020. The first-order valence-electron chi connectivity index (χ1n) is 29.0. The summed E-state index contributed by atoms with van der Waals surface area (Å²) < 4.78 is 40.1. The average Bonchev–Trinajstić information content (AvgIpc) is 4.35. The summed E-state index contributed by atoms with van der Waals surface area (Å²) >= 11 is 0. The van der Waals surface area contributed by atoms with Gasteiger partial charge >= 0.3 is 0 Å². The van der Waals surface area contributed by atoms with Crippen LogP contribution in [0.3, 0.4) is 0 Å². The van der Waals surface area contributed by atoms with Crippen molar-refractivity contribution in [2.75, 3.05) is 0 Å². The molecule has 0 radical (unpaired) electrons. The number of aromatic hydroxyl groups is 1. The Balaban J connectivity index is 0.942. The van der Waals surface area contributed by atoms with Crippen molar-refractivity contribution in [3.63, 3.8) is 0 Å². The lowest BCUT2D eigenvalue weighted by molar-refractivity contribution is 0.396. The van der Waals surface area contributed by atoms with Crippen molar-refractivity contribution in [3.05, 3.63) is 253 Å². The Kier molecular flexibility index (Phi) is 11.8. The molecule has 0 amide bonds. The van der Waals surface area contributed by atoms with E-state index < -0.39 is 18.2 Å². The monoisotopic (exact) mass is 988 g/mol. The molecule has 76 heavy (non-hydrogen) atoms. The molecule has 4 heteroatoms. The maximum atomic E-state index is 12.5. The zero-order valence-corrected chi connectivity index (χ0v) is 42.5. The third-order valence-corrected chi connectivity index (χ3v) is 15.8. The molecule has 13 rings (SSSR count). The molecule has 2 aliphatic carbocycles. The summed E-state index contributed by atoms with van der Waals surface area (Å²) in [6, 6.07) is 78.2. The van der Waals surface area contributed by atoms with Crippen molar-refractivity contribution in [2.24, 2.45) is 5.92 Å². The number of hydrogen-bond acceptors (Lipinski definition) is 3. The highest BCUT2D eigenvalue weighted by atomic mass is 16.3. The molecule has 9 aromatic carbocycles. The van der Waals surface area contributed by atoms with Crippen molar-refractivity contribution in [3.8, 4) is 89.7 Å². The highest BCUT2D eigenvalue weighted by molar-refractivity contribution is 5.99. The summed E-state index contributed by atoms with van der Waals surface area (Å²) in [6.07, 6.45) is 6.73. The van der Waals surface area contributed by atoms with Gasteiger partial charge in [-0.2, -0.15) is 0 Å². The van der Waals surface area contributed by atoms with E-state index in [9.17, 15) is 10.6 Å². The molecule has 11 aromatic rings. The number of pyridine rings is 1. The van der Waals surface area contributed by atoms with E-state index in [0.717, 1.165) is 115 Å². The van der Waals surface area contributed by atoms with Crippen molar-refractivity contribution >= 4 is 11.0 Å². The molecule has 2 fully saturated rings. The van der Waals surface area contributed by atoms with Gasteiger partial charge in [-0.1, -0.05) is 202 Å². The Morgan fingerprint density at radius 2 is 1.01 bits per heavy atom. The molecule has 0 saturated heterocycles. The van der Waals surface area contributed by atoms with Crippen LogP contribution in [0.1, 0.15) is 85.3 Å². The van der Waals surface area contributed by atoms with E-state index in [0.29, 0.717) is 48.2 Å². The Hall–Kier alpha value is -8.60. The largest absolute Gasteiger partial charge is 0.507 e. The second-order valence-electron chi connectivity index (χ2n) is 20.5. The van der Waals surface area contributed by atoms with Crippen LogP contribution in [0.5, 0.6) is 5.75 Å². The minimum atomic E-state index is -1.52. The zero-order chi connectivity index (χ0) is 54.4. The lowest BCUT2D eigenvalue weighted by Crippen LogP contribution is -2.12. The molecule has 1 N–H and O–H groups in total. The van der Waals surface area contributed by atoms with Crippen molar-refractivity contribution < 1.29 is 10.6 Å². The van der Waals surface area contributed by atoms with Crippen LogP contribution in [0.2, 0.25) is 0 Å². The molecule has 2 aliphatic rings. The van der Waals surface area contributed by atoms with Crippen LogP contribution in [-0.4, -0.2) is 19.6 Å². The molecule has 0 aliphatic heterocycles. The van der Waals surface area contributed by atoms with E-state index in [1.54, 1.807) is 0 Å². The van der Waals surface area contributed by atoms with Gasteiger partial charge in [0.05, 0.1) is 28.0 Å². The Morgan fingerprint density at radius 3 is 1.71 bits per heavy atom. The standard InChI is InChI=1S/C72H61N3O/c76-71-64(57-23-9-3-10-24-57)28-15-29-65(71)72-74-70-63(27-16-30-69(70)75(72)68-40-31-50(43-49-17-13-14-18-49)44-66(68)58-25-11-4-12-26-58)61-45-60(52-21-7-2-8-22-52)46-62(47-61)67-48-59(41-42-73-67)56-38-36-55(37-39-56)54-34-32-53(33-35-54)51-19-5-1-6-20-51/h1-12,15-16,19-31,36-42,44-49,53-54,76H,13-14,17-18,32-35,43H2/i43D2,53D,54D. The number of phenols is 1. The first-order chi connectivity index (χ1) is 39.0. The van der Waals surface area contributed by atoms with Gasteiger partial charge in [0.15, 0.2) is 0 Å². The molecule has 4 nitrogen and oxygen atoms in total. The molecule has 0 bridgehead atoms. The zero-order valence-electron chi connectivity index (χ0n) is 46.5.